The van der Waals surface area contributed by atoms with E-state index in [1.54, 1.807) is 36.9 Å². The number of halogens is 1. The average molecular weight is 433 g/mol. The summed E-state index contributed by atoms with van der Waals surface area (Å²) in [6, 6.07) is 10.3. The van der Waals surface area contributed by atoms with E-state index in [1.807, 2.05) is 23.3 Å². The Morgan fingerprint density at radius 3 is 2.00 bits per heavy atom. The minimum Gasteiger partial charge on any atom is -0.392 e. The fourth-order valence-corrected chi connectivity index (χ4v) is 2.96. The van der Waals surface area contributed by atoms with Gasteiger partial charge in [0.1, 0.15) is 0 Å². The van der Waals surface area contributed by atoms with E-state index in [9.17, 15) is 4.79 Å². The van der Waals surface area contributed by atoms with Crippen LogP contribution >= 0.6 is 23.0 Å². The number of rotatable bonds is 6. The van der Waals surface area contributed by atoms with Crippen LogP contribution in [-0.4, -0.2) is 22.2 Å². The van der Waals surface area contributed by atoms with Crippen LogP contribution in [0.5, 0.6) is 0 Å². The van der Waals surface area contributed by atoms with Crippen LogP contribution in [0.3, 0.4) is 0 Å². The molecule has 1 rings (SSSR count). The molecule has 0 heterocycles. The van der Waals surface area contributed by atoms with E-state index in [2.05, 4.69) is 46.8 Å². The summed E-state index contributed by atoms with van der Waals surface area (Å²) >= 11 is 1.60. The van der Waals surface area contributed by atoms with E-state index in [0.29, 0.717) is 5.92 Å². The van der Waals surface area contributed by atoms with Gasteiger partial charge in [-0.3, -0.25) is 4.84 Å². The maximum Gasteiger partial charge on any atom is 0.349 e. The summed E-state index contributed by atoms with van der Waals surface area (Å²) in [5, 5.41) is 1.93. The molecule has 0 aliphatic carbocycles. The third-order valence-corrected chi connectivity index (χ3v) is 3.97. The molecule has 130 valence electrons. The number of hydrogen-bond acceptors (Lipinski definition) is 4. The van der Waals surface area contributed by atoms with Crippen LogP contribution in [0.1, 0.15) is 60.1 Å². The van der Waals surface area contributed by atoms with E-state index in [0.717, 1.165) is 5.56 Å². The van der Waals surface area contributed by atoms with Crippen molar-refractivity contribution in [2.45, 2.75) is 65.6 Å². The van der Waals surface area contributed by atoms with Gasteiger partial charge < -0.3 is 3.07 Å². The van der Waals surface area contributed by atoms with Gasteiger partial charge >= 0.3 is 5.97 Å². The zero-order valence-corrected chi connectivity index (χ0v) is 17.2. The fraction of sp³-hybridized carbons (Fsp3) is 0.611. The second kappa shape index (κ2) is 7.94. The van der Waals surface area contributed by atoms with Crippen molar-refractivity contribution in [1.29, 1.82) is 0 Å². The summed E-state index contributed by atoms with van der Waals surface area (Å²) < 4.78 is 4.85. The number of benzene rings is 1. The molecule has 4 nitrogen and oxygen atoms in total. The molecule has 0 aliphatic rings. The minimum atomic E-state index is -1.06. The molecule has 0 saturated carbocycles. The molecule has 1 aromatic carbocycles. The maximum absolute atomic E-state index is 12.0. The standard InChI is InChI=1S/C18H28INO3/c1-13(2)15(14-11-9-8-10-12-14)20(17(3,4)5)23-18(6,7)16(21)22-19/h8-13,15H,1-7H3. The lowest BCUT2D eigenvalue weighted by Crippen LogP contribution is -2.52. The van der Waals surface area contributed by atoms with E-state index >= 15 is 0 Å². The van der Waals surface area contributed by atoms with Crippen molar-refractivity contribution >= 4 is 29.0 Å². The van der Waals surface area contributed by atoms with Crippen LogP contribution in [0.15, 0.2) is 30.3 Å². The highest BCUT2D eigenvalue weighted by Crippen LogP contribution is 2.36. The topological polar surface area (TPSA) is 38.8 Å². The van der Waals surface area contributed by atoms with Gasteiger partial charge in [-0.1, -0.05) is 44.2 Å². The van der Waals surface area contributed by atoms with Crippen molar-refractivity contribution in [1.82, 2.24) is 5.06 Å². The Bertz CT molecular complexity index is 509. The van der Waals surface area contributed by atoms with Crippen LogP contribution < -0.4 is 0 Å². The van der Waals surface area contributed by atoms with Gasteiger partial charge in [0.15, 0.2) is 28.6 Å². The van der Waals surface area contributed by atoms with Crippen molar-refractivity contribution in [3.8, 4) is 0 Å². The van der Waals surface area contributed by atoms with Gasteiger partial charge in [-0.15, -0.1) is 0 Å². The number of hydroxylamine groups is 2. The molecule has 0 fully saturated rings. The van der Waals surface area contributed by atoms with Gasteiger partial charge in [0.05, 0.1) is 6.04 Å². The third-order valence-electron chi connectivity index (χ3n) is 3.57. The zero-order valence-electron chi connectivity index (χ0n) is 15.1. The largest absolute Gasteiger partial charge is 0.392 e. The molecule has 0 spiro atoms. The number of carbonyl (C=O) groups is 1. The average Bonchev–Trinajstić information content (AvgIpc) is 2.45. The maximum atomic E-state index is 12.0. The molecule has 0 bridgehead atoms. The highest BCUT2D eigenvalue weighted by molar-refractivity contribution is 14.1. The summed E-state index contributed by atoms with van der Waals surface area (Å²) in [5.41, 5.74) is -0.180. The Kier molecular flexibility index (Phi) is 7.04. The highest BCUT2D eigenvalue weighted by atomic mass is 127. The lowest BCUT2D eigenvalue weighted by Gasteiger charge is -2.45. The van der Waals surface area contributed by atoms with Crippen molar-refractivity contribution in [3.63, 3.8) is 0 Å². The van der Waals surface area contributed by atoms with Crippen molar-refractivity contribution in [2.24, 2.45) is 5.92 Å². The summed E-state index contributed by atoms with van der Waals surface area (Å²) in [5.74, 6) is -0.0917. The number of carbonyl (C=O) groups excluding carboxylic acids is 1. The first-order valence-corrected chi connectivity index (χ1v) is 8.75. The second-order valence-corrected chi connectivity index (χ2v) is 8.00. The lowest BCUT2D eigenvalue weighted by molar-refractivity contribution is -0.296. The van der Waals surface area contributed by atoms with Crippen LogP contribution in [0.4, 0.5) is 0 Å². The first-order chi connectivity index (χ1) is 10.5. The predicted octanol–water partition coefficient (Wildman–Crippen LogP) is 5.09. The molecular weight excluding hydrogens is 405 g/mol. The molecule has 1 atom stereocenters. The third kappa shape index (κ3) is 5.43. The molecule has 23 heavy (non-hydrogen) atoms. The number of nitrogens with zero attached hydrogens (tertiary/aromatic N) is 1. The molecule has 0 radical (unpaired) electrons. The van der Waals surface area contributed by atoms with Crippen LogP contribution in [-0.2, 0) is 12.7 Å². The van der Waals surface area contributed by atoms with E-state index < -0.39 is 11.6 Å². The smallest absolute Gasteiger partial charge is 0.349 e. The van der Waals surface area contributed by atoms with Gasteiger partial charge in [0, 0.05) is 5.54 Å². The van der Waals surface area contributed by atoms with Crippen LogP contribution in [0.2, 0.25) is 0 Å². The Balaban J connectivity index is 3.26. The van der Waals surface area contributed by atoms with Gasteiger partial charge in [-0.2, -0.15) is 5.06 Å². The number of hydrogen-bond donors (Lipinski definition) is 0. The van der Waals surface area contributed by atoms with E-state index in [4.69, 9.17) is 7.90 Å². The summed E-state index contributed by atoms with van der Waals surface area (Å²) in [7, 11) is 0. The first-order valence-electron chi connectivity index (χ1n) is 7.87. The Morgan fingerprint density at radius 2 is 1.61 bits per heavy atom. The molecule has 1 aromatic rings. The molecular formula is C18H28INO3. The quantitative estimate of drug-likeness (QED) is 0.463. The SMILES string of the molecule is CC(C)C(c1ccccc1)N(OC(C)(C)C(=O)OI)C(C)(C)C. The minimum absolute atomic E-state index is 0.0255. The molecule has 1 unspecified atom stereocenters. The van der Waals surface area contributed by atoms with Crippen molar-refractivity contribution in [3.05, 3.63) is 35.9 Å². The van der Waals surface area contributed by atoms with Gasteiger partial charge in [0.25, 0.3) is 0 Å². The Hall–Kier alpha value is -0.660. The summed E-state index contributed by atoms with van der Waals surface area (Å²) in [6.45, 7) is 14.0. The summed E-state index contributed by atoms with van der Waals surface area (Å²) in [4.78, 5) is 18.2. The lowest BCUT2D eigenvalue weighted by atomic mass is 9.92. The van der Waals surface area contributed by atoms with Gasteiger partial charge in [-0.25, -0.2) is 4.79 Å². The molecule has 0 aliphatic heterocycles. The molecule has 5 heteroatoms. The zero-order chi connectivity index (χ0) is 17.8. The second-order valence-electron chi connectivity index (χ2n) is 7.56. The van der Waals surface area contributed by atoms with Crippen LogP contribution in [0, 0.1) is 5.92 Å². The monoisotopic (exact) mass is 433 g/mol. The normalized spacial score (nSPS) is 14.2. The van der Waals surface area contributed by atoms with E-state index in [1.165, 1.54) is 0 Å². The van der Waals surface area contributed by atoms with Crippen molar-refractivity contribution < 1.29 is 12.7 Å². The molecule has 0 saturated heterocycles. The van der Waals surface area contributed by atoms with Crippen molar-refractivity contribution in [2.75, 3.05) is 0 Å². The predicted molar refractivity (Wildman–Crippen MR) is 101 cm³/mol. The molecule has 0 N–H and O–H groups in total. The van der Waals surface area contributed by atoms with Gasteiger partial charge in [-0.05, 0) is 46.1 Å². The summed E-state index contributed by atoms with van der Waals surface area (Å²) in [6.07, 6.45) is 0. The Morgan fingerprint density at radius 1 is 1.09 bits per heavy atom. The fourth-order valence-electron chi connectivity index (χ4n) is 2.43. The van der Waals surface area contributed by atoms with Gasteiger partial charge in [0.2, 0.25) is 0 Å². The molecule has 0 amide bonds. The Labute approximate surface area is 154 Å². The van der Waals surface area contributed by atoms with E-state index in [-0.39, 0.29) is 11.6 Å². The molecule has 0 aromatic heterocycles. The first kappa shape index (κ1) is 20.4. The highest BCUT2D eigenvalue weighted by Gasteiger charge is 2.41. The van der Waals surface area contributed by atoms with Crippen LogP contribution in [0.25, 0.3) is 0 Å².